The van der Waals surface area contributed by atoms with Crippen molar-refractivity contribution in [2.75, 3.05) is 13.2 Å². The fourth-order valence-electron chi connectivity index (χ4n) is 2.53. The number of hydrogen-bond acceptors (Lipinski definition) is 5. The molecule has 0 aliphatic rings. The number of carboxylic acids is 1. The van der Waals surface area contributed by atoms with Gasteiger partial charge in [-0.15, -0.1) is 0 Å². The number of carboxylic acid groups (broad SMARTS) is 1. The average Bonchev–Trinajstić information content (AvgIpc) is 2.74. The highest BCUT2D eigenvalue weighted by atomic mass is 16.5. The van der Waals surface area contributed by atoms with Crippen LogP contribution < -0.4 is 5.32 Å². The molecule has 2 N–H and O–H groups in total. The Kier molecular flexibility index (Phi) is 9.31. The number of alkyl carbamates (subject to hydrolysis) is 1. The van der Waals surface area contributed by atoms with Crippen molar-refractivity contribution in [1.29, 1.82) is 0 Å². The van der Waals surface area contributed by atoms with Crippen LogP contribution in [-0.4, -0.2) is 42.0 Å². The van der Waals surface area contributed by atoms with Crippen LogP contribution >= 0.6 is 0 Å². The molecule has 7 nitrogen and oxygen atoms in total. The van der Waals surface area contributed by atoms with E-state index in [4.69, 9.17) is 14.2 Å². The molecule has 0 unspecified atom stereocenters. The number of carbonyl (C=O) groups is 2. The molecule has 0 fully saturated rings. The zero-order valence-corrected chi connectivity index (χ0v) is 17.4. The van der Waals surface area contributed by atoms with Gasteiger partial charge in [0.05, 0.1) is 18.8 Å². The fraction of sp³-hybridized carbons (Fsp3) is 0.391. The largest absolute Gasteiger partial charge is 0.480 e. The summed E-state index contributed by atoms with van der Waals surface area (Å²) in [5, 5.41) is 11.6. The minimum Gasteiger partial charge on any atom is -0.480 e. The first-order valence-electron chi connectivity index (χ1n) is 9.81. The molecular weight excluding hydrogens is 386 g/mol. The summed E-state index contributed by atoms with van der Waals surface area (Å²) in [6.07, 6.45) is -0.230. The standard InChI is InChI=1S/C23H29NO6/c1-23(2,30-16-19-11-7-4-8-12-19)13-14-28-17-20(21(25)26)24-22(27)29-15-18-9-5-3-6-10-18/h3-12,20H,13-17H2,1-2H3,(H,24,27)(H,25,26)/t20-/m0/s1. The van der Waals surface area contributed by atoms with Crippen molar-refractivity contribution in [3.05, 3.63) is 71.8 Å². The minimum atomic E-state index is -1.19. The van der Waals surface area contributed by atoms with Crippen molar-refractivity contribution in [1.82, 2.24) is 5.32 Å². The molecule has 0 saturated carbocycles. The van der Waals surface area contributed by atoms with Gasteiger partial charge >= 0.3 is 12.1 Å². The van der Waals surface area contributed by atoms with Crippen molar-refractivity contribution >= 4 is 12.1 Å². The molecule has 2 aromatic carbocycles. The highest BCUT2D eigenvalue weighted by Crippen LogP contribution is 2.17. The Bertz CT molecular complexity index is 779. The van der Waals surface area contributed by atoms with Gasteiger partial charge in [-0.25, -0.2) is 9.59 Å². The maximum atomic E-state index is 11.9. The summed E-state index contributed by atoms with van der Waals surface area (Å²) >= 11 is 0. The predicted molar refractivity (Wildman–Crippen MR) is 112 cm³/mol. The summed E-state index contributed by atoms with van der Waals surface area (Å²) in [5.41, 5.74) is 1.46. The molecule has 0 aliphatic heterocycles. The van der Waals surface area contributed by atoms with Crippen molar-refractivity contribution in [3.8, 4) is 0 Å². The highest BCUT2D eigenvalue weighted by molar-refractivity contribution is 5.80. The Morgan fingerprint density at radius 2 is 1.53 bits per heavy atom. The van der Waals surface area contributed by atoms with Gasteiger partial charge in [-0.2, -0.15) is 0 Å². The molecule has 0 aliphatic carbocycles. The van der Waals surface area contributed by atoms with E-state index in [0.717, 1.165) is 11.1 Å². The fourth-order valence-corrected chi connectivity index (χ4v) is 2.53. The molecule has 0 aromatic heterocycles. The molecule has 1 amide bonds. The van der Waals surface area contributed by atoms with Crippen LogP contribution in [0.15, 0.2) is 60.7 Å². The molecule has 162 valence electrons. The van der Waals surface area contributed by atoms with Crippen LogP contribution in [0.2, 0.25) is 0 Å². The first-order chi connectivity index (χ1) is 14.4. The second-order valence-corrected chi connectivity index (χ2v) is 7.46. The maximum Gasteiger partial charge on any atom is 0.408 e. The smallest absolute Gasteiger partial charge is 0.408 e. The lowest BCUT2D eigenvalue weighted by Crippen LogP contribution is -2.44. The third-order valence-corrected chi connectivity index (χ3v) is 4.41. The number of benzene rings is 2. The summed E-state index contributed by atoms with van der Waals surface area (Å²) in [6.45, 7) is 4.59. The first-order valence-corrected chi connectivity index (χ1v) is 9.81. The lowest BCUT2D eigenvalue weighted by Gasteiger charge is -2.25. The van der Waals surface area contributed by atoms with Gasteiger partial charge in [0.1, 0.15) is 6.61 Å². The topological polar surface area (TPSA) is 94.1 Å². The molecule has 1 atom stereocenters. The summed E-state index contributed by atoms with van der Waals surface area (Å²) in [4.78, 5) is 23.3. The van der Waals surface area contributed by atoms with Crippen LogP contribution in [0, 0.1) is 0 Å². The van der Waals surface area contributed by atoms with E-state index in [2.05, 4.69) is 5.32 Å². The molecule has 2 aromatic rings. The van der Waals surface area contributed by atoms with Crippen LogP contribution in [0.5, 0.6) is 0 Å². The number of hydrogen-bond donors (Lipinski definition) is 2. The zero-order valence-electron chi connectivity index (χ0n) is 17.4. The Morgan fingerprint density at radius 3 is 2.10 bits per heavy atom. The monoisotopic (exact) mass is 415 g/mol. The highest BCUT2D eigenvalue weighted by Gasteiger charge is 2.23. The third kappa shape index (κ3) is 9.07. The Labute approximate surface area is 177 Å². The minimum absolute atomic E-state index is 0.0623. The van der Waals surface area contributed by atoms with Crippen molar-refractivity contribution in [2.24, 2.45) is 0 Å². The summed E-state index contributed by atoms with van der Waals surface area (Å²) in [6, 6.07) is 17.8. The molecule has 0 radical (unpaired) electrons. The van der Waals surface area contributed by atoms with Gasteiger partial charge in [0.25, 0.3) is 0 Å². The van der Waals surface area contributed by atoms with E-state index in [-0.39, 0.29) is 13.2 Å². The van der Waals surface area contributed by atoms with E-state index < -0.39 is 23.7 Å². The van der Waals surface area contributed by atoms with E-state index in [1.807, 2.05) is 74.5 Å². The molecule has 0 saturated heterocycles. The SMILES string of the molecule is CC(C)(CCOC[C@H](NC(=O)OCc1ccccc1)C(=O)O)OCc1ccccc1. The van der Waals surface area contributed by atoms with E-state index in [1.54, 1.807) is 0 Å². The van der Waals surface area contributed by atoms with Gasteiger partial charge < -0.3 is 24.6 Å². The predicted octanol–water partition coefficient (Wildman–Crippen LogP) is 3.77. The molecule has 30 heavy (non-hydrogen) atoms. The number of rotatable bonds is 12. The van der Waals surface area contributed by atoms with Crippen molar-refractivity contribution in [2.45, 2.75) is 45.1 Å². The quantitative estimate of drug-likeness (QED) is 0.513. The van der Waals surface area contributed by atoms with E-state index in [0.29, 0.717) is 19.6 Å². The van der Waals surface area contributed by atoms with Crippen molar-refractivity contribution in [3.63, 3.8) is 0 Å². The number of amides is 1. The zero-order chi connectivity index (χ0) is 21.8. The molecule has 0 heterocycles. The van der Waals surface area contributed by atoms with Gasteiger partial charge in [-0.3, -0.25) is 0 Å². The number of ether oxygens (including phenoxy) is 3. The second kappa shape index (κ2) is 11.9. The van der Waals surface area contributed by atoms with Gasteiger partial charge in [0.15, 0.2) is 6.04 Å². The molecular formula is C23H29NO6. The van der Waals surface area contributed by atoms with Crippen LogP contribution in [0.4, 0.5) is 4.79 Å². The van der Waals surface area contributed by atoms with E-state index >= 15 is 0 Å². The number of aliphatic carboxylic acids is 1. The van der Waals surface area contributed by atoms with Gasteiger partial charge in [-0.1, -0.05) is 60.7 Å². The van der Waals surface area contributed by atoms with Gasteiger partial charge in [0, 0.05) is 6.61 Å². The molecule has 0 bridgehead atoms. The molecule has 2 rings (SSSR count). The van der Waals surface area contributed by atoms with Gasteiger partial charge in [-0.05, 0) is 31.4 Å². The Hall–Kier alpha value is -2.90. The van der Waals surface area contributed by atoms with Crippen LogP contribution in [0.3, 0.4) is 0 Å². The van der Waals surface area contributed by atoms with E-state index in [1.165, 1.54) is 0 Å². The molecule has 0 spiro atoms. The number of nitrogens with one attached hydrogen (secondary N) is 1. The van der Waals surface area contributed by atoms with Crippen LogP contribution in [-0.2, 0) is 32.2 Å². The Balaban J connectivity index is 1.68. The summed E-state index contributed by atoms with van der Waals surface area (Å²) in [5.74, 6) is -1.19. The summed E-state index contributed by atoms with van der Waals surface area (Å²) in [7, 11) is 0. The number of carbonyl (C=O) groups excluding carboxylic acids is 1. The lowest BCUT2D eigenvalue weighted by atomic mass is 10.1. The molecule has 7 heteroatoms. The third-order valence-electron chi connectivity index (χ3n) is 4.41. The van der Waals surface area contributed by atoms with Gasteiger partial charge in [0.2, 0.25) is 0 Å². The maximum absolute atomic E-state index is 11.9. The van der Waals surface area contributed by atoms with Crippen LogP contribution in [0.1, 0.15) is 31.4 Å². The summed E-state index contributed by atoms with van der Waals surface area (Å²) < 4.78 is 16.5. The Morgan fingerprint density at radius 1 is 0.967 bits per heavy atom. The van der Waals surface area contributed by atoms with Crippen molar-refractivity contribution < 1.29 is 28.9 Å². The average molecular weight is 415 g/mol. The van der Waals surface area contributed by atoms with E-state index in [9.17, 15) is 14.7 Å². The lowest BCUT2D eigenvalue weighted by molar-refractivity contribution is -0.141. The first kappa shape index (κ1) is 23.4. The van der Waals surface area contributed by atoms with Crippen LogP contribution in [0.25, 0.3) is 0 Å². The normalized spacial score (nSPS) is 12.2. The second-order valence-electron chi connectivity index (χ2n) is 7.46.